The lowest BCUT2D eigenvalue weighted by molar-refractivity contribution is -0.116. The predicted molar refractivity (Wildman–Crippen MR) is 76.2 cm³/mol. The molecule has 0 bridgehead atoms. The molecule has 1 N–H and O–H groups in total. The average molecular weight is 280 g/mol. The molecule has 1 aromatic rings. The number of rotatable bonds is 1. The predicted octanol–water partition coefficient (Wildman–Crippen LogP) is 3.49. The SMILES string of the molecule is CC1(C)CC(=O)C(c2nnc(C(C)(C)C)s2)=C(O)C1. The molecule has 1 aliphatic rings. The van der Waals surface area contributed by atoms with Crippen molar-refractivity contribution in [1.29, 1.82) is 0 Å². The Hall–Kier alpha value is -1.23. The third-order valence-electron chi connectivity index (χ3n) is 3.13. The van der Waals surface area contributed by atoms with E-state index in [0.717, 1.165) is 5.01 Å². The fourth-order valence-electron chi connectivity index (χ4n) is 2.16. The van der Waals surface area contributed by atoms with Gasteiger partial charge in [-0.25, -0.2) is 0 Å². The topological polar surface area (TPSA) is 63.1 Å². The highest BCUT2D eigenvalue weighted by molar-refractivity contribution is 7.12. The van der Waals surface area contributed by atoms with Gasteiger partial charge in [0.25, 0.3) is 0 Å². The Morgan fingerprint density at radius 1 is 1.21 bits per heavy atom. The molecule has 0 atom stereocenters. The maximum atomic E-state index is 12.2. The second kappa shape index (κ2) is 4.40. The zero-order valence-electron chi connectivity index (χ0n) is 12.1. The Balaban J connectivity index is 2.42. The summed E-state index contributed by atoms with van der Waals surface area (Å²) in [5, 5.41) is 19.8. The van der Waals surface area contributed by atoms with Crippen LogP contribution in [-0.4, -0.2) is 21.1 Å². The number of nitrogens with zero attached hydrogens (tertiary/aromatic N) is 2. The summed E-state index contributed by atoms with van der Waals surface area (Å²) in [6.07, 6.45) is 0.954. The minimum atomic E-state index is -0.178. The van der Waals surface area contributed by atoms with Crippen molar-refractivity contribution in [3.8, 4) is 0 Å². The zero-order valence-corrected chi connectivity index (χ0v) is 12.9. The molecule has 4 nitrogen and oxygen atoms in total. The van der Waals surface area contributed by atoms with Crippen LogP contribution in [0.1, 0.15) is 57.5 Å². The second-order valence-corrected chi connectivity index (χ2v) is 7.90. The molecule has 0 aromatic carbocycles. The number of aromatic nitrogens is 2. The van der Waals surface area contributed by atoms with Gasteiger partial charge in [-0.15, -0.1) is 10.2 Å². The summed E-state index contributed by atoms with van der Waals surface area (Å²) in [4.78, 5) is 12.2. The minimum absolute atomic E-state index is 0.0367. The number of aliphatic hydroxyl groups is 1. The van der Waals surface area contributed by atoms with Crippen molar-refractivity contribution in [2.75, 3.05) is 0 Å². The fourth-order valence-corrected chi connectivity index (χ4v) is 3.14. The number of Topliss-reactive ketones (excluding diaryl/α,β-unsaturated/α-hetero) is 1. The Labute approximate surface area is 117 Å². The highest BCUT2D eigenvalue weighted by Crippen LogP contribution is 2.40. The van der Waals surface area contributed by atoms with Crippen LogP contribution < -0.4 is 0 Å². The van der Waals surface area contributed by atoms with Gasteiger partial charge in [0.05, 0.1) is 5.57 Å². The summed E-state index contributed by atoms with van der Waals surface area (Å²) < 4.78 is 0. The number of ketones is 1. The lowest BCUT2D eigenvalue weighted by atomic mass is 9.77. The van der Waals surface area contributed by atoms with Gasteiger partial charge in [0.1, 0.15) is 10.8 Å². The van der Waals surface area contributed by atoms with Gasteiger partial charge in [0, 0.05) is 18.3 Å². The van der Waals surface area contributed by atoms with E-state index in [4.69, 9.17) is 0 Å². The van der Waals surface area contributed by atoms with Gasteiger partial charge < -0.3 is 5.11 Å². The van der Waals surface area contributed by atoms with Crippen molar-refractivity contribution < 1.29 is 9.90 Å². The molecular formula is C14H20N2O2S. The molecule has 0 amide bonds. The van der Waals surface area contributed by atoms with Gasteiger partial charge in [0.15, 0.2) is 10.8 Å². The third kappa shape index (κ3) is 2.86. The van der Waals surface area contributed by atoms with Crippen molar-refractivity contribution >= 4 is 22.7 Å². The van der Waals surface area contributed by atoms with Crippen LogP contribution in [0.25, 0.3) is 5.57 Å². The van der Waals surface area contributed by atoms with Crippen molar-refractivity contribution in [2.45, 2.75) is 52.9 Å². The molecule has 0 spiro atoms. The molecule has 0 aliphatic heterocycles. The smallest absolute Gasteiger partial charge is 0.169 e. The van der Waals surface area contributed by atoms with E-state index < -0.39 is 0 Å². The average Bonchev–Trinajstić information content (AvgIpc) is 2.62. The summed E-state index contributed by atoms with van der Waals surface area (Å²) in [7, 11) is 0. The van der Waals surface area contributed by atoms with Gasteiger partial charge >= 0.3 is 0 Å². The molecule has 1 aliphatic carbocycles. The van der Waals surface area contributed by atoms with Crippen LogP contribution in [0.2, 0.25) is 0 Å². The fraction of sp³-hybridized carbons (Fsp3) is 0.643. The Kier molecular flexibility index (Phi) is 3.29. The number of carbonyl (C=O) groups is 1. The van der Waals surface area contributed by atoms with E-state index in [1.807, 2.05) is 13.8 Å². The molecule has 0 radical (unpaired) electrons. The van der Waals surface area contributed by atoms with Crippen molar-refractivity contribution in [1.82, 2.24) is 10.2 Å². The van der Waals surface area contributed by atoms with Crippen molar-refractivity contribution in [2.24, 2.45) is 5.41 Å². The van der Waals surface area contributed by atoms with Gasteiger partial charge in [-0.3, -0.25) is 4.79 Å². The maximum absolute atomic E-state index is 12.2. The first-order chi connectivity index (χ1) is 8.60. The Bertz CT molecular complexity index is 550. The summed E-state index contributed by atoms with van der Waals surface area (Å²) in [6, 6.07) is 0. The third-order valence-corrected chi connectivity index (χ3v) is 4.50. The summed E-state index contributed by atoms with van der Waals surface area (Å²) in [5.41, 5.74) is 0.0954. The van der Waals surface area contributed by atoms with Crippen LogP contribution in [0.3, 0.4) is 0 Å². The van der Waals surface area contributed by atoms with E-state index in [0.29, 0.717) is 23.4 Å². The van der Waals surface area contributed by atoms with E-state index in [1.165, 1.54) is 11.3 Å². The number of hydrogen-bond acceptors (Lipinski definition) is 5. The normalized spacial score (nSPS) is 19.9. The second-order valence-electron chi connectivity index (χ2n) is 6.93. The molecular weight excluding hydrogens is 260 g/mol. The van der Waals surface area contributed by atoms with Gasteiger partial charge in [-0.05, 0) is 5.41 Å². The summed E-state index contributed by atoms with van der Waals surface area (Å²) in [5.74, 6) is 0.114. The van der Waals surface area contributed by atoms with Crippen LogP contribution in [0, 0.1) is 5.41 Å². The first kappa shape index (κ1) is 14.2. The number of hydrogen-bond donors (Lipinski definition) is 1. The summed E-state index contributed by atoms with van der Waals surface area (Å²) in [6.45, 7) is 10.1. The molecule has 0 saturated carbocycles. The molecule has 1 aromatic heterocycles. The van der Waals surface area contributed by atoms with Crippen LogP contribution in [0.5, 0.6) is 0 Å². The first-order valence-corrected chi connectivity index (χ1v) is 7.21. The molecule has 0 saturated heterocycles. The highest BCUT2D eigenvalue weighted by atomic mass is 32.1. The minimum Gasteiger partial charge on any atom is -0.511 e. The Morgan fingerprint density at radius 2 is 1.84 bits per heavy atom. The van der Waals surface area contributed by atoms with Crippen molar-refractivity contribution in [3.05, 3.63) is 15.8 Å². The van der Waals surface area contributed by atoms with Gasteiger partial charge in [-0.1, -0.05) is 46.0 Å². The Morgan fingerprint density at radius 3 is 2.32 bits per heavy atom. The van der Waals surface area contributed by atoms with Gasteiger partial charge in [0.2, 0.25) is 0 Å². The lowest BCUT2D eigenvalue weighted by Crippen LogP contribution is -2.25. The first-order valence-electron chi connectivity index (χ1n) is 6.40. The monoisotopic (exact) mass is 280 g/mol. The molecule has 0 fully saturated rings. The summed E-state index contributed by atoms with van der Waals surface area (Å²) >= 11 is 1.39. The number of carbonyl (C=O) groups excluding carboxylic acids is 1. The van der Waals surface area contributed by atoms with Crippen molar-refractivity contribution in [3.63, 3.8) is 0 Å². The van der Waals surface area contributed by atoms with Crippen LogP contribution >= 0.6 is 11.3 Å². The molecule has 2 rings (SSSR count). The van der Waals surface area contributed by atoms with E-state index in [-0.39, 0.29) is 22.4 Å². The van der Waals surface area contributed by atoms with Gasteiger partial charge in [-0.2, -0.15) is 0 Å². The van der Waals surface area contributed by atoms with E-state index in [2.05, 4.69) is 31.0 Å². The zero-order chi connectivity index (χ0) is 14.4. The standard InChI is InChI=1S/C14H20N2O2S/c1-13(2,3)12-16-15-11(19-12)10-8(17)6-14(4,5)7-9(10)18/h17H,6-7H2,1-5H3. The highest BCUT2D eigenvalue weighted by Gasteiger charge is 2.35. The molecule has 19 heavy (non-hydrogen) atoms. The van der Waals surface area contributed by atoms with Crippen LogP contribution in [-0.2, 0) is 10.2 Å². The molecule has 5 heteroatoms. The largest absolute Gasteiger partial charge is 0.511 e. The molecule has 0 unspecified atom stereocenters. The molecule has 104 valence electrons. The van der Waals surface area contributed by atoms with E-state index >= 15 is 0 Å². The van der Waals surface area contributed by atoms with E-state index in [1.54, 1.807) is 0 Å². The quantitative estimate of drug-likeness (QED) is 0.855. The van der Waals surface area contributed by atoms with E-state index in [9.17, 15) is 9.90 Å². The number of aliphatic hydroxyl groups excluding tert-OH is 1. The van der Waals surface area contributed by atoms with Crippen LogP contribution in [0.4, 0.5) is 0 Å². The maximum Gasteiger partial charge on any atom is 0.169 e. The molecule has 1 heterocycles. The van der Waals surface area contributed by atoms with Crippen LogP contribution in [0.15, 0.2) is 5.76 Å². The number of allylic oxidation sites excluding steroid dienone is 2. The lowest BCUT2D eigenvalue weighted by Gasteiger charge is -2.28.